The molecule has 2 N–H and O–H groups in total. The quantitative estimate of drug-likeness (QED) is 0.467. The standard InChI is InChI=1S/C25H19ClN2O4/c1-28-15-21(24(31)27-14-16-7-9-18(26)10-8-16)23(30)20-13-19(32-25(20)28)11-12-22(29)17-5-3-2-4-6-17/h2-10,13,15,22,29H,14H2,1H3,(H,27,31). The fourth-order valence-corrected chi connectivity index (χ4v) is 3.35. The first kappa shape index (κ1) is 21.4. The minimum Gasteiger partial charge on any atom is -0.431 e. The molecule has 4 aromatic rings. The van der Waals surface area contributed by atoms with Crippen molar-refractivity contribution in [2.45, 2.75) is 12.6 Å². The maximum atomic E-state index is 12.9. The summed E-state index contributed by atoms with van der Waals surface area (Å²) < 4.78 is 7.24. The van der Waals surface area contributed by atoms with E-state index in [1.807, 2.05) is 18.2 Å². The van der Waals surface area contributed by atoms with E-state index in [2.05, 4.69) is 17.2 Å². The van der Waals surface area contributed by atoms with Crippen molar-refractivity contribution in [3.63, 3.8) is 0 Å². The molecule has 0 spiro atoms. The molecule has 1 atom stereocenters. The molecule has 0 aliphatic heterocycles. The van der Waals surface area contributed by atoms with E-state index >= 15 is 0 Å². The Morgan fingerprint density at radius 1 is 1.19 bits per heavy atom. The zero-order chi connectivity index (χ0) is 22.7. The molecule has 6 nitrogen and oxygen atoms in total. The highest BCUT2D eigenvalue weighted by Gasteiger charge is 2.17. The van der Waals surface area contributed by atoms with Gasteiger partial charge in [-0.1, -0.05) is 60.0 Å². The number of pyridine rings is 1. The Morgan fingerprint density at radius 3 is 2.62 bits per heavy atom. The Hall–Kier alpha value is -3.79. The van der Waals surface area contributed by atoms with Crippen LogP contribution in [0.1, 0.15) is 33.3 Å². The van der Waals surface area contributed by atoms with Gasteiger partial charge in [-0.15, -0.1) is 0 Å². The number of halogens is 1. The van der Waals surface area contributed by atoms with E-state index in [-0.39, 0.29) is 23.3 Å². The molecular weight excluding hydrogens is 428 g/mol. The van der Waals surface area contributed by atoms with Crippen LogP contribution in [0, 0.1) is 11.8 Å². The van der Waals surface area contributed by atoms with Gasteiger partial charge in [0.1, 0.15) is 11.7 Å². The number of carbonyl (C=O) groups excluding carboxylic acids is 1. The molecule has 2 heterocycles. The topological polar surface area (TPSA) is 84.5 Å². The predicted octanol–water partition coefficient (Wildman–Crippen LogP) is 3.80. The zero-order valence-corrected chi connectivity index (χ0v) is 17.9. The molecule has 2 aromatic carbocycles. The number of benzene rings is 2. The number of rotatable bonds is 4. The van der Waals surface area contributed by atoms with Crippen molar-refractivity contribution >= 4 is 28.6 Å². The highest BCUT2D eigenvalue weighted by molar-refractivity contribution is 6.30. The average Bonchev–Trinajstić information content (AvgIpc) is 3.25. The van der Waals surface area contributed by atoms with E-state index in [1.165, 1.54) is 12.3 Å². The molecular formula is C25H19ClN2O4. The molecule has 0 aliphatic rings. The van der Waals surface area contributed by atoms with Crippen LogP contribution in [0.5, 0.6) is 0 Å². The summed E-state index contributed by atoms with van der Waals surface area (Å²) in [6, 6.07) is 17.6. The van der Waals surface area contributed by atoms with Crippen LogP contribution in [0.15, 0.2) is 76.1 Å². The van der Waals surface area contributed by atoms with E-state index in [0.717, 1.165) is 5.56 Å². The van der Waals surface area contributed by atoms with E-state index in [4.69, 9.17) is 16.0 Å². The summed E-state index contributed by atoms with van der Waals surface area (Å²) in [5.41, 5.74) is 1.36. The molecule has 160 valence electrons. The maximum Gasteiger partial charge on any atom is 0.257 e. The van der Waals surface area contributed by atoms with Gasteiger partial charge in [-0.3, -0.25) is 9.59 Å². The summed E-state index contributed by atoms with van der Waals surface area (Å²) in [7, 11) is 1.68. The van der Waals surface area contributed by atoms with E-state index in [9.17, 15) is 14.7 Å². The van der Waals surface area contributed by atoms with Gasteiger partial charge in [-0.25, -0.2) is 0 Å². The summed E-state index contributed by atoms with van der Waals surface area (Å²) in [5, 5.41) is 13.8. The van der Waals surface area contributed by atoms with E-state index < -0.39 is 17.4 Å². The predicted molar refractivity (Wildman–Crippen MR) is 122 cm³/mol. The summed E-state index contributed by atoms with van der Waals surface area (Å²) in [4.78, 5) is 25.5. The second kappa shape index (κ2) is 9.15. The first-order valence-corrected chi connectivity index (χ1v) is 10.2. The van der Waals surface area contributed by atoms with Crippen LogP contribution < -0.4 is 10.7 Å². The van der Waals surface area contributed by atoms with Gasteiger partial charge in [0.2, 0.25) is 11.1 Å². The third kappa shape index (κ3) is 4.59. The van der Waals surface area contributed by atoms with Crippen molar-refractivity contribution in [3.8, 4) is 11.8 Å². The Labute approximate surface area is 189 Å². The Kier molecular flexibility index (Phi) is 6.13. The fourth-order valence-electron chi connectivity index (χ4n) is 3.22. The number of hydrogen-bond acceptors (Lipinski definition) is 4. The van der Waals surface area contributed by atoms with Crippen LogP contribution >= 0.6 is 11.6 Å². The van der Waals surface area contributed by atoms with Gasteiger partial charge in [0.05, 0.1) is 5.39 Å². The number of nitrogens with one attached hydrogen (secondary N) is 1. The first-order chi connectivity index (χ1) is 15.4. The molecule has 0 fully saturated rings. The summed E-state index contributed by atoms with van der Waals surface area (Å²) in [5.74, 6) is 5.20. The molecule has 1 amide bonds. The third-order valence-electron chi connectivity index (χ3n) is 4.90. The molecule has 0 saturated heterocycles. The lowest BCUT2D eigenvalue weighted by atomic mass is 10.1. The summed E-state index contributed by atoms with van der Waals surface area (Å²) in [6.45, 7) is 0.261. The lowest BCUT2D eigenvalue weighted by Gasteiger charge is -2.07. The smallest absolute Gasteiger partial charge is 0.257 e. The minimum absolute atomic E-state index is 0.00130. The summed E-state index contributed by atoms with van der Waals surface area (Å²) >= 11 is 5.87. The highest BCUT2D eigenvalue weighted by Crippen LogP contribution is 2.17. The van der Waals surface area contributed by atoms with Crippen molar-refractivity contribution in [2.24, 2.45) is 7.05 Å². The SMILES string of the molecule is Cn1cc(C(=O)NCc2ccc(Cl)cc2)c(=O)c2cc(C#CC(O)c3ccccc3)oc21. The lowest BCUT2D eigenvalue weighted by Crippen LogP contribution is -2.29. The number of aromatic nitrogens is 1. The highest BCUT2D eigenvalue weighted by atomic mass is 35.5. The third-order valence-corrected chi connectivity index (χ3v) is 5.16. The van der Waals surface area contributed by atoms with Crippen molar-refractivity contribution < 1.29 is 14.3 Å². The van der Waals surface area contributed by atoms with Crippen molar-refractivity contribution in [1.29, 1.82) is 0 Å². The second-order valence-electron chi connectivity index (χ2n) is 7.20. The molecule has 2 aromatic heterocycles. The van der Waals surface area contributed by atoms with Crippen LogP contribution in [0.4, 0.5) is 0 Å². The van der Waals surface area contributed by atoms with Gasteiger partial charge < -0.3 is 19.4 Å². The van der Waals surface area contributed by atoms with Crippen LogP contribution in [0.25, 0.3) is 11.1 Å². The van der Waals surface area contributed by atoms with Gasteiger partial charge >= 0.3 is 0 Å². The number of carbonyl (C=O) groups is 1. The Morgan fingerprint density at radius 2 is 1.91 bits per heavy atom. The van der Waals surface area contributed by atoms with Crippen LogP contribution in [-0.4, -0.2) is 15.6 Å². The van der Waals surface area contributed by atoms with Crippen LogP contribution in [-0.2, 0) is 13.6 Å². The minimum atomic E-state index is -0.987. The lowest BCUT2D eigenvalue weighted by molar-refractivity contribution is 0.0949. The fraction of sp³-hybridized carbons (Fsp3) is 0.120. The number of furan rings is 1. The number of aliphatic hydroxyl groups excluding tert-OH is 1. The molecule has 32 heavy (non-hydrogen) atoms. The maximum absolute atomic E-state index is 12.9. The number of aryl methyl sites for hydroxylation is 1. The largest absolute Gasteiger partial charge is 0.431 e. The van der Waals surface area contributed by atoms with Crippen molar-refractivity contribution in [3.05, 3.63) is 105 Å². The monoisotopic (exact) mass is 446 g/mol. The zero-order valence-electron chi connectivity index (χ0n) is 17.1. The number of aliphatic hydroxyl groups is 1. The molecule has 4 rings (SSSR count). The molecule has 0 saturated carbocycles. The van der Waals surface area contributed by atoms with Crippen LogP contribution in [0.2, 0.25) is 5.02 Å². The number of fused-ring (bicyclic) bond motifs is 1. The molecule has 1 unspecified atom stereocenters. The van der Waals surface area contributed by atoms with Gasteiger partial charge in [0, 0.05) is 30.9 Å². The van der Waals surface area contributed by atoms with Crippen molar-refractivity contribution in [1.82, 2.24) is 9.88 Å². The number of hydrogen-bond donors (Lipinski definition) is 2. The van der Waals surface area contributed by atoms with Crippen molar-refractivity contribution in [2.75, 3.05) is 0 Å². The number of amides is 1. The van der Waals surface area contributed by atoms with E-state index in [1.54, 1.807) is 48.0 Å². The molecule has 0 aliphatic carbocycles. The molecule has 0 bridgehead atoms. The van der Waals surface area contributed by atoms with E-state index in [0.29, 0.717) is 16.3 Å². The normalized spacial score (nSPS) is 11.6. The van der Waals surface area contributed by atoms with Crippen LogP contribution in [0.3, 0.4) is 0 Å². The average molecular weight is 447 g/mol. The Bertz CT molecular complexity index is 1390. The van der Waals surface area contributed by atoms with Gasteiger partial charge in [-0.05, 0) is 29.2 Å². The first-order valence-electron chi connectivity index (χ1n) is 9.83. The summed E-state index contributed by atoms with van der Waals surface area (Å²) in [6.07, 6.45) is 0.445. The van der Waals surface area contributed by atoms with Gasteiger partial charge in [0.15, 0.2) is 5.76 Å². The van der Waals surface area contributed by atoms with Gasteiger partial charge in [-0.2, -0.15) is 0 Å². The number of nitrogens with zero attached hydrogens (tertiary/aromatic N) is 1. The Balaban J connectivity index is 1.58. The molecule has 7 heteroatoms. The molecule has 0 radical (unpaired) electrons. The van der Waals surface area contributed by atoms with Gasteiger partial charge in [0.25, 0.3) is 5.91 Å². The second-order valence-corrected chi connectivity index (χ2v) is 7.64.